The van der Waals surface area contributed by atoms with E-state index in [2.05, 4.69) is 26.7 Å². The van der Waals surface area contributed by atoms with Crippen molar-refractivity contribution < 1.29 is 4.74 Å². The first-order chi connectivity index (χ1) is 11.8. The largest absolute Gasteiger partial charge is 0.377 e. The van der Waals surface area contributed by atoms with Gasteiger partial charge in [-0.15, -0.1) is 0 Å². The first-order valence-corrected chi connectivity index (χ1v) is 9.32. The van der Waals surface area contributed by atoms with E-state index in [4.69, 9.17) is 4.74 Å². The van der Waals surface area contributed by atoms with E-state index in [0.717, 1.165) is 31.2 Å². The summed E-state index contributed by atoms with van der Waals surface area (Å²) in [6, 6.07) is 6.58. The zero-order valence-corrected chi connectivity index (χ0v) is 14.5. The van der Waals surface area contributed by atoms with Gasteiger partial charge < -0.3 is 15.4 Å². The second-order valence-corrected chi connectivity index (χ2v) is 7.38. The molecule has 3 aliphatic rings. The molecule has 2 aliphatic carbocycles. The molecular formula is C19H28N4O. The van der Waals surface area contributed by atoms with Crippen LogP contribution in [0.4, 0.5) is 0 Å². The molecule has 0 bridgehead atoms. The second kappa shape index (κ2) is 6.71. The van der Waals surface area contributed by atoms with Gasteiger partial charge in [-0.05, 0) is 31.4 Å². The monoisotopic (exact) mass is 328 g/mol. The lowest BCUT2D eigenvalue weighted by molar-refractivity contribution is -0.125. The standard InChI is InChI=1S/C19H28N4O/c1-20-18(22-12-7-14-6-2-5-11-21-14)23-16-15-8-13-24-17(15)19(16)9-3-4-10-19/h2,5-6,11,15-17H,3-4,7-10,12-13H2,1H3,(H2,20,22,23). The van der Waals surface area contributed by atoms with Crippen LogP contribution in [-0.4, -0.2) is 43.3 Å². The summed E-state index contributed by atoms with van der Waals surface area (Å²) >= 11 is 0. The predicted octanol–water partition coefficient (Wildman–Crippen LogP) is 2.14. The molecule has 24 heavy (non-hydrogen) atoms. The zero-order chi connectivity index (χ0) is 16.4. The molecule has 5 nitrogen and oxygen atoms in total. The van der Waals surface area contributed by atoms with Gasteiger partial charge in [0.2, 0.25) is 0 Å². The van der Waals surface area contributed by atoms with Gasteiger partial charge in [0.05, 0.1) is 6.10 Å². The number of fused-ring (bicyclic) bond motifs is 2. The molecule has 3 atom stereocenters. The van der Waals surface area contributed by atoms with Crippen molar-refractivity contribution in [3.63, 3.8) is 0 Å². The summed E-state index contributed by atoms with van der Waals surface area (Å²) < 4.78 is 6.07. The molecule has 3 fully saturated rings. The van der Waals surface area contributed by atoms with Crippen LogP contribution < -0.4 is 10.6 Å². The Morgan fingerprint density at radius 1 is 1.38 bits per heavy atom. The first kappa shape index (κ1) is 15.9. The maximum atomic E-state index is 6.07. The smallest absolute Gasteiger partial charge is 0.191 e. The normalized spacial score (nSPS) is 30.9. The first-order valence-electron chi connectivity index (χ1n) is 9.32. The van der Waals surface area contributed by atoms with Crippen LogP contribution in [0.3, 0.4) is 0 Å². The Labute approximate surface area is 144 Å². The fourth-order valence-corrected chi connectivity index (χ4v) is 5.10. The van der Waals surface area contributed by atoms with Gasteiger partial charge in [0.15, 0.2) is 5.96 Å². The molecule has 2 heterocycles. The molecule has 2 saturated carbocycles. The Morgan fingerprint density at radius 3 is 3.00 bits per heavy atom. The summed E-state index contributed by atoms with van der Waals surface area (Å²) in [4.78, 5) is 8.82. The predicted molar refractivity (Wildman–Crippen MR) is 95.0 cm³/mol. The molecule has 0 amide bonds. The lowest BCUT2D eigenvalue weighted by atomic mass is 9.54. The van der Waals surface area contributed by atoms with Crippen molar-refractivity contribution in [3.8, 4) is 0 Å². The van der Waals surface area contributed by atoms with Crippen molar-refractivity contribution in [3.05, 3.63) is 30.1 Å². The highest BCUT2D eigenvalue weighted by Gasteiger charge is 2.65. The van der Waals surface area contributed by atoms with E-state index in [9.17, 15) is 0 Å². The Hall–Kier alpha value is -1.62. The van der Waals surface area contributed by atoms with Crippen LogP contribution in [0.1, 0.15) is 37.8 Å². The van der Waals surface area contributed by atoms with Crippen LogP contribution in [0.2, 0.25) is 0 Å². The van der Waals surface area contributed by atoms with Crippen molar-refractivity contribution in [2.45, 2.75) is 50.7 Å². The topological polar surface area (TPSA) is 58.5 Å². The van der Waals surface area contributed by atoms with Gasteiger partial charge in [0.1, 0.15) is 0 Å². The van der Waals surface area contributed by atoms with Crippen LogP contribution >= 0.6 is 0 Å². The fraction of sp³-hybridized carbons (Fsp3) is 0.684. The van der Waals surface area contributed by atoms with Crippen molar-refractivity contribution in [2.75, 3.05) is 20.2 Å². The van der Waals surface area contributed by atoms with Gasteiger partial charge in [-0.25, -0.2) is 0 Å². The van der Waals surface area contributed by atoms with E-state index in [1.165, 1.54) is 32.1 Å². The molecule has 0 radical (unpaired) electrons. The molecule has 130 valence electrons. The van der Waals surface area contributed by atoms with Gasteiger partial charge in [-0.2, -0.15) is 0 Å². The second-order valence-electron chi connectivity index (χ2n) is 7.38. The fourth-order valence-electron chi connectivity index (χ4n) is 5.10. The molecule has 4 rings (SSSR count). The van der Waals surface area contributed by atoms with Gasteiger partial charge >= 0.3 is 0 Å². The van der Waals surface area contributed by atoms with Crippen molar-refractivity contribution in [1.29, 1.82) is 0 Å². The number of guanidine groups is 1. The Bertz CT molecular complexity index is 582. The summed E-state index contributed by atoms with van der Waals surface area (Å²) in [6.07, 6.45) is 9.73. The number of hydrogen-bond donors (Lipinski definition) is 2. The average molecular weight is 328 g/mol. The van der Waals surface area contributed by atoms with E-state index in [0.29, 0.717) is 23.5 Å². The average Bonchev–Trinajstić information content (AvgIpc) is 3.27. The van der Waals surface area contributed by atoms with Gasteiger partial charge in [0.25, 0.3) is 0 Å². The lowest BCUT2D eigenvalue weighted by Crippen LogP contribution is -2.69. The van der Waals surface area contributed by atoms with Crippen LogP contribution in [-0.2, 0) is 11.2 Å². The summed E-state index contributed by atoms with van der Waals surface area (Å²) in [5.41, 5.74) is 1.47. The highest BCUT2D eigenvalue weighted by molar-refractivity contribution is 5.80. The minimum absolute atomic E-state index is 0.361. The van der Waals surface area contributed by atoms with E-state index in [1.807, 2.05) is 25.4 Å². The molecule has 0 aromatic carbocycles. The van der Waals surface area contributed by atoms with Crippen molar-refractivity contribution >= 4 is 5.96 Å². The van der Waals surface area contributed by atoms with Crippen molar-refractivity contribution in [1.82, 2.24) is 15.6 Å². The van der Waals surface area contributed by atoms with E-state index in [-0.39, 0.29) is 0 Å². The molecule has 3 unspecified atom stereocenters. The molecular weight excluding hydrogens is 300 g/mol. The van der Waals surface area contributed by atoms with E-state index in [1.54, 1.807) is 0 Å². The van der Waals surface area contributed by atoms with Gasteiger partial charge in [-0.3, -0.25) is 9.98 Å². The highest BCUT2D eigenvalue weighted by Crippen LogP contribution is 2.60. The number of ether oxygens (including phenoxy) is 1. The molecule has 5 heteroatoms. The van der Waals surface area contributed by atoms with E-state index >= 15 is 0 Å². The molecule has 1 aliphatic heterocycles. The number of rotatable bonds is 4. The summed E-state index contributed by atoms with van der Waals surface area (Å²) in [5.74, 6) is 1.59. The minimum Gasteiger partial charge on any atom is -0.377 e. The van der Waals surface area contributed by atoms with Gasteiger partial charge in [-0.1, -0.05) is 18.9 Å². The summed E-state index contributed by atoms with van der Waals surface area (Å²) in [6.45, 7) is 1.78. The number of pyridine rings is 1. The molecule has 1 aromatic rings. The molecule has 1 aromatic heterocycles. The molecule has 1 saturated heterocycles. The van der Waals surface area contributed by atoms with Crippen LogP contribution in [0.15, 0.2) is 29.4 Å². The third-order valence-electron chi connectivity index (χ3n) is 6.20. The number of nitrogens with zero attached hydrogens (tertiary/aromatic N) is 2. The third kappa shape index (κ3) is 2.69. The number of aromatic nitrogens is 1. The molecule has 2 N–H and O–H groups in total. The lowest BCUT2D eigenvalue weighted by Gasteiger charge is -2.57. The maximum absolute atomic E-state index is 6.07. The SMILES string of the molecule is CN=C(NCCc1ccccn1)NC1C2CCOC2C12CCCC2. The highest BCUT2D eigenvalue weighted by atomic mass is 16.5. The Morgan fingerprint density at radius 2 is 2.25 bits per heavy atom. The molecule has 1 spiro atoms. The maximum Gasteiger partial charge on any atom is 0.191 e. The summed E-state index contributed by atoms with van der Waals surface area (Å²) in [5, 5.41) is 7.19. The quantitative estimate of drug-likeness (QED) is 0.657. The van der Waals surface area contributed by atoms with Crippen molar-refractivity contribution in [2.24, 2.45) is 16.3 Å². The Balaban J connectivity index is 1.34. The number of aliphatic imine (C=N–C) groups is 1. The Kier molecular flexibility index (Phi) is 4.44. The summed E-state index contributed by atoms with van der Waals surface area (Å²) in [7, 11) is 1.86. The number of nitrogens with one attached hydrogen (secondary N) is 2. The van der Waals surface area contributed by atoms with E-state index < -0.39 is 0 Å². The van der Waals surface area contributed by atoms with Crippen LogP contribution in [0, 0.1) is 11.3 Å². The number of hydrogen-bond acceptors (Lipinski definition) is 3. The van der Waals surface area contributed by atoms with Crippen LogP contribution in [0.5, 0.6) is 0 Å². The third-order valence-corrected chi connectivity index (χ3v) is 6.20. The van der Waals surface area contributed by atoms with Gasteiger partial charge in [0, 0.05) is 55.9 Å². The zero-order valence-electron chi connectivity index (χ0n) is 14.5. The minimum atomic E-state index is 0.361. The van der Waals surface area contributed by atoms with Crippen LogP contribution in [0.25, 0.3) is 0 Å².